The summed E-state index contributed by atoms with van der Waals surface area (Å²) in [6.07, 6.45) is 25.2. The lowest BCUT2D eigenvalue weighted by Crippen LogP contribution is -2.42. The standard InChI is InChI=1S/C58H67N5O2/c1-56(2)48-24-15-17-26-50(48)60(5)53(56)28-10-7-6-8-11-29-54-57(3,4)49-25-16-18-27-51(49)63(54)38-19-9-12-30-55(64)59-46-32-31-44-33-39-62(52(44)42-46)37-21-20-36-61-40-34-58(35-41-61)47-23-14-13-22-45(47)43-65-58/h6-8,10-11,13-18,22-29,31-33,39,42H,9,12,19-21,30,34-38,40-41,43H2,1-5H3/p+1. The first-order valence-corrected chi connectivity index (χ1v) is 24.2. The molecule has 0 radical (unpaired) electrons. The number of hydrogen-bond acceptors (Lipinski definition) is 4. The van der Waals surface area contributed by atoms with E-state index in [1.54, 1.807) is 0 Å². The van der Waals surface area contributed by atoms with Crippen molar-refractivity contribution in [3.8, 4) is 0 Å². The highest BCUT2D eigenvalue weighted by Gasteiger charge is 2.44. The van der Waals surface area contributed by atoms with Crippen molar-refractivity contribution in [3.05, 3.63) is 174 Å². The molecule has 1 N–H and O–H groups in total. The largest absolute Gasteiger partial charge is 0.365 e. The van der Waals surface area contributed by atoms with Gasteiger partial charge in [0.15, 0.2) is 5.71 Å². The number of allylic oxidation sites excluding steroid dienone is 8. The first kappa shape index (κ1) is 44.4. The molecule has 5 heterocycles. The molecule has 7 heteroatoms. The van der Waals surface area contributed by atoms with Crippen LogP contribution in [0.25, 0.3) is 10.9 Å². The zero-order chi connectivity index (χ0) is 45.0. The van der Waals surface area contributed by atoms with Crippen molar-refractivity contribution in [1.82, 2.24) is 9.47 Å². The van der Waals surface area contributed by atoms with Crippen molar-refractivity contribution in [2.24, 2.45) is 0 Å². The van der Waals surface area contributed by atoms with E-state index in [9.17, 15) is 4.79 Å². The van der Waals surface area contributed by atoms with Gasteiger partial charge in [-0.15, -0.1) is 0 Å². The maximum atomic E-state index is 13.2. The lowest BCUT2D eigenvalue weighted by atomic mass is 9.81. The van der Waals surface area contributed by atoms with Crippen LogP contribution in [0.3, 0.4) is 0 Å². The van der Waals surface area contributed by atoms with Crippen LogP contribution in [0.4, 0.5) is 17.1 Å². The summed E-state index contributed by atoms with van der Waals surface area (Å²) in [7, 11) is 2.16. The van der Waals surface area contributed by atoms with Crippen LogP contribution in [0.15, 0.2) is 151 Å². The number of rotatable bonds is 16. The lowest BCUT2D eigenvalue weighted by Gasteiger charge is -2.39. The van der Waals surface area contributed by atoms with Gasteiger partial charge in [0.25, 0.3) is 0 Å². The van der Waals surface area contributed by atoms with Gasteiger partial charge in [0.2, 0.25) is 11.6 Å². The van der Waals surface area contributed by atoms with Crippen LogP contribution in [-0.4, -0.2) is 58.9 Å². The minimum atomic E-state index is -0.105. The lowest BCUT2D eigenvalue weighted by molar-refractivity contribution is -0.401. The van der Waals surface area contributed by atoms with E-state index in [4.69, 9.17) is 4.74 Å². The van der Waals surface area contributed by atoms with Gasteiger partial charge < -0.3 is 24.4 Å². The Hall–Kier alpha value is -5.76. The fraction of sp³-hybridized carbons (Fsp3) is 0.379. The quantitative estimate of drug-likeness (QED) is 0.0610. The Morgan fingerprint density at radius 3 is 2.26 bits per heavy atom. The van der Waals surface area contributed by atoms with E-state index >= 15 is 0 Å². The van der Waals surface area contributed by atoms with E-state index in [1.165, 1.54) is 62.4 Å². The van der Waals surface area contributed by atoms with Crippen molar-refractivity contribution in [1.29, 1.82) is 0 Å². The first-order chi connectivity index (χ1) is 31.5. The summed E-state index contributed by atoms with van der Waals surface area (Å²) in [4.78, 5) is 18.3. The molecule has 1 fully saturated rings. The predicted molar refractivity (Wildman–Crippen MR) is 269 cm³/mol. The third-order valence-electron chi connectivity index (χ3n) is 14.8. The second-order valence-corrected chi connectivity index (χ2v) is 19.7. The highest BCUT2D eigenvalue weighted by atomic mass is 16.5. The van der Waals surface area contributed by atoms with Crippen molar-refractivity contribution in [2.45, 2.75) is 109 Å². The number of anilines is 2. The number of nitrogens with zero attached hydrogens (tertiary/aromatic N) is 4. The maximum absolute atomic E-state index is 13.2. The van der Waals surface area contributed by atoms with Gasteiger partial charge in [-0.2, -0.15) is 4.58 Å². The second-order valence-electron chi connectivity index (χ2n) is 19.7. The smallest absolute Gasteiger partial charge is 0.224 e. The number of unbranched alkanes of at least 4 members (excludes halogenated alkanes) is 3. The number of aromatic nitrogens is 1. The number of carbonyl (C=O) groups excluding carboxylic acids is 1. The number of likely N-dealkylation sites (tertiary alicyclic amines) is 1. The molecule has 336 valence electrons. The SMILES string of the molecule is C[N+]1=C(C=CC=CC=CC=C2N(CCCCCC(=O)Nc3ccc4ccn(CCCCN5CCC6(CC5)OCc5ccccc56)c4c3)c3ccccc3C2(C)C)C(C)(C)c2ccccc21. The molecule has 1 aromatic heterocycles. The Morgan fingerprint density at radius 1 is 0.723 bits per heavy atom. The van der Waals surface area contributed by atoms with Crippen LogP contribution in [0.5, 0.6) is 0 Å². The number of nitrogens with one attached hydrogen (secondary N) is 1. The Bertz CT molecular complexity index is 2680. The molecule has 1 amide bonds. The number of benzene rings is 4. The monoisotopic (exact) mass is 867 g/mol. The molecule has 5 aromatic rings. The number of hydrogen-bond donors (Lipinski definition) is 1. The molecule has 7 nitrogen and oxygen atoms in total. The molecule has 65 heavy (non-hydrogen) atoms. The molecule has 9 rings (SSSR count). The number of ether oxygens (including phenoxy) is 1. The molecule has 0 bridgehead atoms. The van der Waals surface area contributed by atoms with Gasteiger partial charge in [0, 0.05) is 79.0 Å². The summed E-state index contributed by atoms with van der Waals surface area (Å²) in [6, 6.07) is 34.8. The van der Waals surface area contributed by atoms with Crippen LogP contribution in [0, 0.1) is 0 Å². The van der Waals surface area contributed by atoms with Gasteiger partial charge in [-0.05, 0) is 111 Å². The summed E-state index contributed by atoms with van der Waals surface area (Å²) < 4.78 is 11.0. The molecule has 1 spiro atoms. The molecular weight excluding hydrogens is 799 g/mol. The molecule has 1 saturated heterocycles. The molecule has 0 unspecified atom stereocenters. The van der Waals surface area contributed by atoms with Gasteiger partial charge in [0.1, 0.15) is 7.05 Å². The van der Waals surface area contributed by atoms with Crippen LogP contribution in [0.1, 0.15) is 101 Å². The highest BCUT2D eigenvalue weighted by molar-refractivity contribution is 6.03. The fourth-order valence-corrected chi connectivity index (χ4v) is 11.1. The highest BCUT2D eigenvalue weighted by Crippen LogP contribution is 2.48. The van der Waals surface area contributed by atoms with E-state index < -0.39 is 0 Å². The second kappa shape index (κ2) is 19.0. The zero-order valence-corrected chi connectivity index (χ0v) is 39.4. The van der Waals surface area contributed by atoms with Crippen LogP contribution in [-0.2, 0) is 39.1 Å². The summed E-state index contributed by atoms with van der Waals surface area (Å²) in [5.41, 5.74) is 12.5. The van der Waals surface area contributed by atoms with Crippen molar-refractivity contribution in [3.63, 3.8) is 0 Å². The Balaban J connectivity index is 0.725. The molecule has 0 aliphatic carbocycles. The summed E-state index contributed by atoms with van der Waals surface area (Å²) in [5.74, 6) is 0.0844. The molecule has 0 atom stereocenters. The van der Waals surface area contributed by atoms with E-state index in [0.717, 1.165) is 83.5 Å². The van der Waals surface area contributed by atoms with Gasteiger partial charge in [-0.1, -0.05) is 117 Å². The van der Waals surface area contributed by atoms with Crippen LogP contribution < -0.4 is 10.2 Å². The average molecular weight is 867 g/mol. The first-order valence-electron chi connectivity index (χ1n) is 24.2. The van der Waals surface area contributed by atoms with Crippen molar-refractivity contribution in [2.75, 3.05) is 43.4 Å². The number of fused-ring (bicyclic) bond motifs is 5. The fourth-order valence-electron chi connectivity index (χ4n) is 11.1. The molecule has 4 aromatic carbocycles. The third-order valence-corrected chi connectivity index (χ3v) is 14.8. The van der Waals surface area contributed by atoms with Gasteiger partial charge in [0.05, 0.1) is 23.1 Å². The summed E-state index contributed by atoms with van der Waals surface area (Å²) in [6.45, 7) is 15.2. The minimum absolute atomic E-state index is 0.0299. The molecule has 0 saturated carbocycles. The normalized spacial score (nSPS) is 19.2. The van der Waals surface area contributed by atoms with Crippen molar-refractivity contribution >= 4 is 39.6 Å². The molecule has 4 aliphatic rings. The zero-order valence-electron chi connectivity index (χ0n) is 39.4. The summed E-state index contributed by atoms with van der Waals surface area (Å²) >= 11 is 0. The number of piperidine rings is 1. The van der Waals surface area contributed by atoms with E-state index in [1.807, 2.05) is 6.07 Å². The van der Waals surface area contributed by atoms with Gasteiger partial charge in [-0.3, -0.25) is 4.79 Å². The Labute approximate surface area is 387 Å². The average Bonchev–Trinajstić information content (AvgIpc) is 4.00. The van der Waals surface area contributed by atoms with Crippen LogP contribution >= 0.6 is 0 Å². The summed E-state index contributed by atoms with van der Waals surface area (Å²) in [5, 5.41) is 4.42. The number of para-hydroxylation sites is 2. The van der Waals surface area contributed by atoms with Crippen LogP contribution in [0.2, 0.25) is 0 Å². The predicted octanol–water partition coefficient (Wildman–Crippen LogP) is 12.5. The topological polar surface area (TPSA) is 52.8 Å². The maximum Gasteiger partial charge on any atom is 0.224 e. The van der Waals surface area contributed by atoms with E-state index in [0.29, 0.717) is 6.42 Å². The molecule has 4 aliphatic heterocycles. The Kier molecular flexibility index (Phi) is 13.0. The Morgan fingerprint density at radius 2 is 1.43 bits per heavy atom. The van der Waals surface area contributed by atoms with E-state index in [2.05, 4.69) is 199 Å². The van der Waals surface area contributed by atoms with Gasteiger partial charge >= 0.3 is 0 Å². The molecular formula is C58H68N5O2+. The number of amides is 1. The third kappa shape index (κ3) is 9.10. The van der Waals surface area contributed by atoms with Gasteiger partial charge in [-0.25, -0.2) is 0 Å². The number of aryl methyl sites for hydroxylation is 1. The minimum Gasteiger partial charge on any atom is -0.365 e. The number of carbonyl (C=O) groups is 1. The van der Waals surface area contributed by atoms with Crippen molar-refractivity contribution < 1.29 is 14.1 Å². The van der Waals surface area contributed by atoms with E-state index in [-0.39, 0.29) is 22.3 Å².